The maximum atomic E-state index is 12.3. The van der Waals surface area contributed by atoms with Crippen LogP contribution in [0.1, 0.15) is 32.2 Å². The fourth-order valence-corrected chi connectivity index (χ4v) is 3.28. The van der Waals surface area contributed by atoms with Crippen molar-refractivity contribution in [2.24, 2.45) is 0 Å². The molecule has 1 N–H and O–H groups in total. The second-order valence-electron chi connectivity index (χ2n) is 5.71. The molecule has 0 aliphatic heterocycles. The summed E-state index contributed by atoms with van der Waals surface area (Å²) in [5, 5.41) is 3.77. The largest absolute Gasteiger partial charge is 0.352 e. The summed E-state index contributed by atoms with van der Waals surface area (Å²) in [6.45, 7) is 6.35. The van der Waals surface area contributed by atoms with Gasteiger partial charge in [0.2, 0.25) is 11.8 Å². The van der Waals surface area contributed by atoms with E-state index in [0.29, 0.717) is 19.4 Å². The summed E-state index contributed by atoms with van der Waals surface area (Å²) in [6, 6.07) is 8.04. The van der Waals surface area contributed by atoms with Gasteiger partial charge in [0.05, 0.1) is 21.8 Å². The number of hydrogen-bond donors (Lipinski definition) is 1. The first-order chi connectivity index (χ1) is 11.0. The summed E-state index contributed by atoms with van der Waals surface area (Å²) >= 11 is 1.62. The monoisotopic (exact) mass is 333 g/mol. The van der Waals surface area contributed by atoms with E-state index in [0.717, 1.165) is 15.2 Å². The van der Waals surface area contributed by atoms with Gasteiger partial charge in [0, 0.05) is 25.4 Å². The van der Waals surface area contributed by atoms with Crippen LogP contribution in [0, 0.1) is 0 Å². The van der Waals surface area contributed by atoms with Gasteiger partial charge in [-0.05, 0) is 32.9 Å². The number of likely N-dealkylation sites (N-methyl/N-ethyl adjacent to an activating group) is 1. The second-order valence-corrected chi connectivity index (χ2v) is 6.82. The number of aryl methyl sites for hydroxylation is 1. The number of hydrogen-bond acceptors (Lipinski definition) is 4. The molecule has 0 spiro atoms. The highest BCUT2D eigenvalue weighted by Crippen LogP contribution is 2.22. The van der Waals surface area contributed by atoms with Gasteiger partial charge in [-0.25, -0.2) is 4.98 Å². The minimum Gasteiger partial charge on any atom is -0.352 e. The van der Waals surface area contributed by atoms with Crippen molar-refractivity contribution in [2.45, 2.75) is 39.7 Å². The highest BCUT2D eigenvalue weighted by molar-refractivity contribution is 7.18. The molecule has 5 nitrogen and oxygen atoms in total. The van der Waals surface area contributed by atoms with Crippen LogP contribution in [-0.2, 0) is 16.0 Å². The Morgan fingerprint density at radius 3 is 2.70 bits per heavy atom. The van der Waals surface area contributed by atoms with Crippen LogP contribution in [0.4, 0.5) is 0 Å². The van der Waals surface area contributed by atoms with Crippen molar-refractivity contribution in [3.05, 3.63) is 29.3 Å². The molecule has 1 heterocycles. The Labute approximate surface area is 140 Å². The molecule has 0 saturated heterocycles. The number of nitrogens with zero attached hydrogens (tertiary/aromatic N) is 2. The number of benzene rings is 1. The normalized spacial score (nSPS) is 11.0. The summed E-state index contributed by atoms with van der Waals surface area (Å²) in [5.41, 5.74) is 0.976. The molecular weight excluding hydrogens is 310 g/mol. The fourth-order valence-electron chi connectivity index (χ4n) is 2.32. The predicted octanol–water partition coefficient (Wildman–Crippen LogP) is 2.60. The molecule has 0 saturated carbocycles. The number of fused-ring (bicyclic) bond motifs is 1. The number of nitrogens with one attached hydrogen (secondary N) is 1. The number of para-hydroxylation sites is 1. The first-order valence-electron chi connectivity index (χ1n) is 7.91. The number of amides is 2. The first-order valence-corrected chi connectivity index (χ1v) is 8.72. The Hall–Kier alpha value is -1.95. The van der Waals surface area contributed by atoms with E-state index in [1.165, 1.54) is 0 Å². The zero-order chi connectivity index (χ0) is 16.8. The minimum atomic E-state index is -0.116. The van der Waals surface area contributed by atoms with Crippen molar-refractivity contribution < 1.29 is 9.59 Å². The van der Waals surface area contributed by atoms with E-state index in [1.807, 2.05) is 45.0 Å². The van der Waals surface area contributed by atoms with Crippen LogP contribution >= 0.6 is 11.3 Å². The molecule has 0 radical (unpaired) electrons. The van der Waals surface area contributed by atoms with Crippen molar-refractivity contribution in [1.29, 1.82) is 0 Å². The van der Waals surface area contributed by atoms with Gasteiger partial charge >= 0.3 is 0 Å². The summed E-state index contributed by atoms with van der Waals surface area (Å²) in [7, 11) is 0. The SMILES string of the molecule is CCN(CC(=O)NC(C)C)C(=O)CCc1nc2ccccc2s1. The highest BCUT2D eigenvalue weighted by Gasteiger charge is 2.16. The molecule has 2 rings (SSSR count). The predicted molar refractivity (Wildman–Crippen MR) is 93.5 cm³/mol. The van der Waals surface area contributed by atoms with E-state index in [2.05, 4.69) is 10.3 Å². The third kappa shape index (κ3) is 5.03. The van der Waals surface area contributed by atoms with E-state index in [-0.39, 0.29) is 24.4 Å². The topological polar surface area (TPSA) is 62.3 Å². The van der Waals surface area contributed by atoms with E-state index >= 15 is 0 Å². The van der Waals surface area contributed by atoms with Gasteiger partial charge in [0.15, 0.2) is 0 Å². The van der Waals surface area contributed by atoms with Crippen LogP contribution in [0.5, 0.6) is 0 Å². The summed E-state index contributed by atoms with van der Waals surface area (Å²) < 4.78 is 1.14. The van der Waals surface area contributed by atoms with Crippen molar-refractivity contribution in [3.8, 4) is 0 Å². The smallest absolute Gasteiger partial charge is 0.239 e. The summed E-state index contributed by atoms with van der Waals surface area (Å²) in [4.78, 5) is 30.2. The Morgan fingerprint density at radius 2 is 2.04 bits per heavy atom. The molecule has 2 aromatic rings. The zero-order valence-corrected chi connectivity index (χ0v) is 14.7. The summed E-state index contributed by atoms with van der Waals surface area (Å²) in [6.07, 6.45) is 0.989. The first kappa shape index (κ1) is 17.4. The molecule has 23 heavy (non-hydrogen) atoms. The lowest BCUT2D eigenvalue weighted by Crippen LogP contribution is -2.42. The van der Waals surface area contributed by atoms with Crippen molar-refractivity contribution in [3.63, 3.8) is 0 Å². The van der Waals surface area contributed by atoms with Crippen molar-refractivity contribution in [1.82, 2.24) is 15.2 Å². The van der Waals surface area contributed by atoms with Crippen LogP contribution < -0.4 is 5.32 Å². The van der Waals surface area contributed by atoms with Crippen LogP contribution in [0.15, 0.2) is 24.3 Å². The van der Waals surface area contributed by atoms with E-state index < -0.39 is 0 Å². The number of aromatic nitrogens is 1. The molecule has 124 valence electrons. The molecule has 0 fully saturated rings. The molecular formula is C17H23N3O2S. The van der Waals surface area contributed by atoms with Crippen LogP contribution in [-0.4, -0.2) is 40.8 Å². The Bertz CT molecular complexity index is 648. The zero-order valence-electron chi connectivity index (χ0n) is 13.8. The number of thiazole rings is 1. The minimum absolute atomic E-state index is 0.00865. The quantitative estimate of drug-likeness (QED) is 0.847. The third-order valence-corrected chi connectivity index (χ3v) is 4.51. The van der Waals surface area contributed by atoms with Crippen molar-refractivity contribution in [2.75, 3.05) is 13.1 Å². The lowest BCUT2D eigenvalue weighted by Gasteiger charge is -2.21. The Balaban J connectivity index is 1.90. The van der Waals surface area contributed by atoms with E-state index in [1.54, 1.807) is 16.2 Å². The third-order valence-electron chi connectivity index (χ3n) is 3.41. The van der Waals surface area contributed by atoms with Crippen LogP contribution in [0.2, 0.25) is 0 Å². The molecule has 0 atom stereocenters. The Kier molecular flexibility index (Phi) is 6.10. The summed E-state index contributed by atoms with van der Waals surface area (Å²) in [5.74, 6) is -0.124. The van der Waals surface area contributed by atoms with E-state index in [4.69, 9.17) is 0 Å². The fraction of sp³-hybridized carbons (Fsp3) is 0.471. The molecule has 0 aliphatic carbocycles. The molecule has 2 amide bonds. The lowest BCUT2D eigenvalue weighted by molar-refractivity contribution is -0.136. The Morgan fingerprint density at radius 1 is 1.30 bits per heavy atom. The maximum absolute atomic E-state index is 12.3. The van der Waals surface area contributed by atoms with Gasteiger partial charge in [-0.15, -0.1) is 11.3 Å². The highest BCUT2D eigenvalue weighted by atomic mass is 32.1. The number of rotatable bonds is 7. The molecule has 1 aromatic heterocycles. The molecule has 0 unspecified atom stereocenters. The van der Waals surface area contributed by atoms with Gasteiger partial charge < -0.3 is 10.2 Å². The average molecular weight is 333 g/mol. The van der Waals surface area contributed by atoms with Gasteiger partial charge in [0.25, 0.3) is 0 Å². The average Bonchev–Trinajstić information content (AvgIpc) is 2.92. The van der Waals surface area contributed by atoms with Gasteiger partial charge in [-0.1, -0.05) is 12.1 Å². The van der Waals surface area contributed by atoms with Gasteiger partial charge in [0.1, 0.15) is 0 Å². The molecule has 6 heteroatoms. The van der Waals surface area contributed by atoms with Crippen molar-refractivity contribution >= 4 is 33.4 Å². The number of carbonyl (C=O) groups is 2. The molecule has 0 bridgehead atoms. The lowest BCUT2D eigenvalue weighted by atomic mass is 10.2. The molecule has 0 aliphatic rings. The van der Waals surface area contributed by atoms with Crippen LogP contribution in [0.25, 0.3) is 10.2 Å². The van der Waals surface area contributed by atoms with Gasteiger partial charge in [-0.2, -0.15) is 0 Å². The standard InChI is InChI=1S/C17H23N3O2S/c1-4-20(11-15(21)18-12(2)3)17(22)10-9-16-19-13-7-5-6-8-14(13)23-16/h5-8,12H,4,9-11H2,1-3H3,(H,18,21). The van der Waals surface area contributed by atoms with Gasteiger partial charge in [-0.3, -0.25) is 9.59 Å². The van der Waals surface area contributed by atoms with E-state index in [9.17, 15) is 9.59 Å². The van der Waals surface area contributed by atoms with Crippen LogP contribution in [0.3, 0.4) is 0 Å². The molecule has 1 aromatic carbocycles. The number of carbonyl (C=O) groups excluding carboxylic acids is 2. The second kappa shape index (κ2) is 8.06. The maximum Gasteiger partial charge on any atom is 0.239 e.